The number of carbonyl (C=O) groups is 1. The van der Waals surface area contributed by atoms with E-state index in [1.54, 1.807) is 0 Å². The van der Waals surface area contributed by atoms with E-state index in [2.05, 4.69) is 0 Å². The van der Waals surface area contributed by atoms with Gasteiger partial charge in [-0.1, -0.05) is 35.3 Å². The van der Waals surface area contributed by atoms with Crippen LogP contribution in [0.1, 0.15) is 10.4 Å². The monoisotopic (exact) mass is 267 g/mol. The van der Waals surface area contributed by atoms with Gasteiger partial charge in [-0.15, -0.1) is 0 Å². The van der Waals surface area contributed by atoms with E-state index in [0.717, 1.165) is 6.07 Å². The molecule has 0 bridgehead atoms. The van der Waals surface area contributed by atoms with E-state index in [1.165, 1.54) is 18.2 Å². The Balaban J connectivity index is 3.20. The minimum absolute atomic E-state index is 0.108. The molecule has 0 saturated heterocycles. The normalized spacial score (nSPS) is 11.7. The average molecular weight is 268 g/mol. The first kappa shape index (κ1) is 12.4. The summed E-state index contributed by atoms with van der Waals surface area (Å²) in [7, 11) is -3.82. The highest BCUT2D eigenvalue weighted by Gasteiger charge is 2.16. The standard InChI is InChI=1S/C8H7Cl2NO3S/c9-8(10)7(12)5-2-1-3-6(4-5)15(11,13)14/h1-4,8H,(H2,11,13,14). The number of primary sulfonamides is 1. The van der Waals surface area contributed by atoms with Gasteiger partial charge in [-0.05, 0) is 12.1 Å². The minimum Gasteiger partial charge on any atom is -0.291 e. The highest BCUT2D eigenvalue weighted by molar-refractivity contribution is 7.89. The van der Waals surface area contributed by atoms with Crippen LogP contribution in [0, 0.1) is 0 Å². The van der Waals surface area contributed by atoms with Crippen molar-refractivity contribution in [3.05, 3.63) is 29.8 Å². The van der Waals surface area contributed by atoms with Crippen molar-refractivity contribution in [3.63, 3.8) is 0 Å². The van der Waals surface area contributed by atoms with Crippen molar-refractivity contribution in [1.29, 1.82) is 0 Å². The molecule has 0 heterocycles. The number of benzene rings is 1. The first-order valence-electron chi connectivity index (χ1n) is 3.77. The summed E-state index contributed by atoms with van der Waals surface area (Å²) in [5.74, 6) is -0.566. The van der Waals surface area contributed by atoms with E-state index in [9.17, 15) is 13.2 Å². The lowest BCUT2D eigenvalue weighted by molar-refractivity contribution is 0.101. The maximum absolute atomic E-state index is 11.3. The lowest BCUT2D eigenvalue weighted by atomic mass is 10.1. The number of ketones is 1. The molecule has 1 aromatic rings. The van der Waals surface area contributed by atoms with Gasteiger partial charge in [0.25, 0.3) is 0 Å². The summed E-state index contributed by atoms with van der Waals surface area (Å²) >= 11 is 10.7. The Morgan fingerprint density at radius 2 is 1.93 bits per heavy atom. The number of nitrogens with two attached hydrogens (primary N) is 1. The maximum atomic E-state index is 11.3. The van der Waals surface area contributed by atoms with Crippen molar-refractivity contribution in [3.8, 4) is 0 Å². The smallest absolute Gasteiger partial charge is 0.238 e. The van der Waals surface area contributed by atoms with Gasteiger partial charge in [-0.3, -0.25) is 4.79 Å². The van der Waals surface area contributed by atoms with Gasteiger partial charge in [0.15, 0.2) is 10.6 Å². The van der Waals surface area contributed by atoms with Crippen LogP contribution < -0.4 is 5.14 Å². The topological polar surface area (TPSA) is 77.2 Å². The Bertz CT molecular complexity index is 484. The molecule has 4 nitrogen and oxygen atoms in total. The summed E-state index contributed by atoms with van der Waals surface area (Å²) < 4.78 is 22.0. The lowest BCUT2D eigenvalue weighted by Gasteiger charge is -2.03. The predicted octanol–water partition coefficient (Wildman–Crippen LogP) is 1.32. The van der Waals surface area contributed by atoms with Gasteiger partial charge in [0.1, 0.15) is 0 Å². The Hall–Kier alpha value is -0.620. The zero-order chi connectivity index (χ0) is 11.6. The molecule has 0 amide bonds. The average Bonchev–Trinajstić information content (AvgIpc) is 2.15. The molecular weight excluding hydrogens is 261 g/mol. The SMILES string of the molecule is NS(=O)(=O)c1cccc(C(=O)C(Cl)Cl)c1. The summed E-state index contributed by atoms with van der Waals surface area (Å²) in [6.07, 6.45) is 0. The van der Waals surface area contributed by atoms with Crippen LogP contribution in [0.15, 0.2) is 29.2 Å². The fourth-order valence-electron chi connectivity index (χ4n) is 0.952. The van der Waals surface area contributed by atoms with E-state index in [-0.39, 0.29) is 10.5 Å². The van der Waals surface area contributed by atoms with Crippen molar-refractivity contribution < 1.29 is 13.2 Å². The van der Waals surface area contributed by atoms with Gasteiger partial charge in [0, 0.05) is 5.56 Å². The number of Topliss-reactive ketones (excluding diaryl/α,β-unsaturated/α-hetero) is 1. The van der Waals surface area contributed by atoms with Crippen LogP contribution >= 0.6 is 23.2 Å². The van der Waals surface area contributed by atoms with Crippen molar-refractivity contribution in [1.82, 2.24) is 0 Å². The van der Waals surface area contributed by atoms with Crippen molar-refractivity contribution in [2.45, 2.75) is 9.73 Å². The summed E-state index contributed by atoms with van der Waals surface area (Å²) in [5, 5.41) is 4.90. The second-order valence-electron chi connectivity index (χ2n) is 2.74. The third-order valence-corrected chi connectivity index (χ3v) is 2.95. The molecule has 1 aromatic carbocycles. The molecule has 0 aliphatic carbocycles. The van der Waals surface area contributed by atoms with Crippen LogP contribution in [0.5, 0.6) is 0 Å². The summed E-state index contributed by atoms with van der Waals surface area (Å²) in [6.45, 7) is 0. The molecule has 0 aromatic heterocycles. The molecule has 0 spiro atoms. The van der Waals surface area contributed by atoms with E-state index < -0.39 is 20.6 Å². The summed E-state index contributed by atoms with van der Waals surface area (Å²) in [6, 6.07) is 5.22. The molecular formula is C8H7Cl2NO3S. The van der Waals surface area contributed by atoms with Gasteiger partial charge >= 0.3 is 0 Å². The number of sulfonamides is 1. The van der Waals surface area contributed by atoms with Gasteiger partial charge in [-0.2, -0.15) is 0 Å². The second kappa shape index (κ2) is 4.49. The molecule has 0 saturated carbocycles. The van der Waals surface area contributed by atoms with Crippen molar-refractivity contribution in [2.75, 3.05) is 0 Å². The number of alkyl halides is 2. The third-order valence-electron chi connectivity index (χ3n) is 1.65. The Morgan fingerprint density at radius 1 is 1.33 bits per heavy atom. The molecule has 0 radical (unpaired) electrons. The summed E-state index contributed by atoms with van der Waals surface area (Å²) in [4.78, 5) is 9.95. The molecule has 0 atom stereocenters. The number of rotatable bonds is 3. The van der Waals surface area contributed by atoms with Crippen LogP contribution in [0.2, 0.25) is 0 Å². The highest BCUT2D eigenvalue weighted by atomic mass is 35.5. The molecule has 2 N–H and O–H groups in total. The molecule has 15 heavy (non-hydrogen) atoms. The second-order valence-corrected chi connectivity index (χ2v) is 5.40. The highest BCUT2D eigenvalue weighted by Crippen LogP contribution is 2.15. The van der Waals surface area contributed by atoms with E-state index in [4.69, 9.17) is 28.3 Å². The zero-order valence-electron chi connectivity index (χ0n) is 7.35. The Morgan fingerprint density at radius 3 is 2.40 bits per heavy atom. The van der Waals surface area contributed by atoms with Crippen LogP contribution in [0.3, 0.4) is 0 Å². The predicted molar refractivity (Wildman–Crippen MR) is 57.6 cm³/mol. The van der Waals surface area contributed by atoms with Gasteiger partial charge < -0.3 is 0 Å². The molecule has 0 unspecified atom stereocenters. The van der Waals surface area contributed by atoms with Gasteiger partial charge in [0.05, 0.1) is 4.90 Å². The molecule has 0 fully saturated rings. The van der Waals surface area contributed by atoms with Crippen LogP contribution in [-0.4, -0.2) is 19.0 Å². The molecule has 82 valence electrons. The van der Waals surface area contributed by atoms with Crippen molar-refractivity contribution >= 4 is 39.0 Å². The van der Waals surface area contributed by atoms with Crippen LogP contribution in [0.25, 0.3) is 0 Å². The Kier molecular flexibility index (Phi) is 3.72. The van der Waals surface area contributed by atoms with Crippen LogP contribution in [-0.2, 0) is 10.0 Å². The van der Waals surface area contributed by atoms with E-state index >= 15 is 0 Å². The molecule has 7 heteroatoms. The first-order chi connectivity index (χ1) is 6.82. The van der Waals surface area contributed by atoms with Crippen molar-refractivity contribution in [2.24, 2.45) is 5.14 Å². The zero-order valence-corrected chi connectivity index (χ0v) is 9.68. The molecule has 0 aliphatic heterocycles. The number of carbonyl (C=O) groups excluding carboxylic acids is 1. The van der Waals surface area contributed by atoms with E-state index in [0.29, 0.717) is 0 Å². The molecule has 0 aliphatic rings. The molecule has 1 rings (SSSR count). The Labute approximate surface area is 97.0 Å². The maximum Gasteiger partial charge on any atom is 0.238 e. The number of hydrogen-bond acceptors (Lipinski definition) is 3. The summed E-state index contributed by atoms with van der Waals surface area (Å²) in [5.41, 5.74) is 0.108. The lowest BCUT2D eigenvalue weighted by Crippen LogP contribution is -2.14. The third kappa shape index (κ3) is 3.17. The minimum atomic E-state index is -3.82. The van der Waals surface area contributed by atoms with E-state index in [1.807, 2.05) is 0 Å². The quantitative estimate of drug-likeness (QED) is 0.663. The first-order valence-corrected chi connectivity index (χ1v) is 6.19. The fraction of sp³-hybridized carbons (Fsp3) is 0.125. The van der Waals surface area contributed by atoms with Crippen LogP contribution in [0.4, 0.5) is 0 Å². The van der Waals surface area contributed by atoms with Gasteiger partial charge in [0.2, 0.25) is 10.0 Å². The number of hydrogen-bond donors (Lipinski definition) is 1. The number of halogens is 2. The largest absolute Gasteiger partial charge is 0.291 e. The van der Waals surface area contributed by atoms with Gasteiger partial charge in [-0.25, -0.2) is 13.6 Å². The fourth-order valence-corrected chi connectivity index (χ4v) is 1.76.